The Morgan fingerprint density at radius 2 is 2.31 bits per heavy atom. The molecule has 2 rings (SSSR count). The molecule has 1 amide bonds. The van der Waals surface area contributed by atoms with E-state index in [4.69, 9.17) is 9.94 Å². The van der Waals surface area contributed by atoms with Crippen molar-refractivity contribution in [3.8, 4) is 0 Å². The molecule has 1 atom stereocenters. The quantitative estimate of drug-likeness (QED) is 0.672. The van der Waals surface area contributed by atoms with Crippen molar-refractivity contribution in [1.29, 1.82) is 0 Å². The molecule has 72 valence electrons. The molecule has 1 aliphatic carbocycles. The van der Waals surface area contributed by atoms with Crippen LogP contribution in [0.4, 0.5) is 0 Å². The van der Waals surface area contributed by atoms with Crippen molar-refractivity contribution in [2.75, 3.05) is 6.54 Å². The van der Waals surface area contributed by atoms with Crippen LogP contribution in [0.5, 0.6) is 0 Å². The van der Waals surface area contributed by atoms with Gasteiger partial charge in [-0.15, -0.1) is 0 Å². The highest BCUT2D eigenvalue weighted by molar-refractivity contribution is 5.81. The molecule has 5 heteroatoms. The second kappa shape index (κ2) is 2.99. The molecule has 1 unspecified atom stereocenters. The number of carboxylic acids is 1. The largest absolute Gasteiger partial charge is 0.480 e. The number of rotatable bonds is 3. The molecule has 2 fully saturated rings. The smallest absolute Gasteiger partial charge is 0.325 e. The van der Waals surface area contributed by atoms with Crippen LogP contribution in [0, 0.1) is 5.92 Å². The summed E-state index contributed by atoms with van der Waals surface area (Å²) in [5.41, 5.74) is 0. The first-order chi connectivity index (χ1) is 6.16. The van der Waals surface area contributed by atoms with Crippen molar-refractivity contribution in [3.05, 3.63) is 0 Å². The van der Waals surface area contributed by atoms with Gasteiger partial charge in [-0.05, 0) is 18.8 Å². The Kier molecular flexibility index (Phi) is 1.95. The molecule has 5 nitrogen and oxygen atoms in total. The van der Waals surface area contributed by atoms with E-state index >= 15 is 0 Å². The van der Waals surface area contributed by atoms with Gasteiger partial charge in [-0.25, -0.2) is 5.06 Å². The van der Waals surface area contributed by atoms with E-state index in [9.17, 15) is 9.59 Å². The minimum Gasteiger partial charge on any atom is -0.480 e. The van der Waals surface area contributed by atoms with Crippen LogP contribution in [0.25, 0.3) is 0 Å². The molecule has 1 N–H and O–H groups in total. The fraction of sp³-hybridized carbons (Fsp3) is 0.750. The number of nitrogens with zero attached hydrogens (tertiary/aromatic N) is 1. The molecule has 0 aromatic heterocycles. The first-order valence-corrected chi connectivity index (χ1v) is 4.36. The molecule has 0 spiro atoms. The van der Waals surface area contributed by atoms with E-state index in [0.717, 1.165) is 17.9 Å². The van der Waals surface area contributed by atoms with Crippen LogP contribution < -0.4 is 0 Å². The van der Waals surface area contributed by atoms with Gasteiger partial charge in [0.2, 0.25) is 5.91 Å². The highest BCUT2D eigenvalue weighted by Gasteiger charge is 2.41. The highest BCUT2D eigenvalue weighted by Crippen LogP contribution is 2.38. The zero-order valence-electron chi connectivity index (χ0n) is 7.10. The van der Waals surface area contributed by atoms with Crippen LogP contribution in [-0.2, 0) is 14.4 Å². The summed E-state index contributed by atoms with van der Waals surface area (Å²) in [6, 6.07) is 0. The first kappa shape index (κ1) is 8.50. The molecule has 0 radical (unpaired) electrons. The van der Waals surface area contributed by atoms with E-state index in [2.05, 4.69) is 0 Å². The lowest BCUT2D eigenvalue weighted by Crippen LogP contribution is -2.30. The molecule has 0 bridgehead atoms. The van der Waals surface area contributed by atoms with Gasteiger partial charge < -0.3 is 5.11 Å². The second-order valence-electron chi connectivity index (χ2n) is 3.51. The lowest BCUT2D eigenvalue weighted by molar-refractivity contribution is -0.183. The van der Waals surface area contributed by atoms with Crippen molar-refractivity contribution in [2.24, 2.45) is 5.92 Å². The summed E-state index contributed by atoms with van der Waals surface area (Å²) in [5, 5.41) is 9.42. The summed E-state index contributed by atoms with van der Waals surface area (Å²) in [7, 11) is 0. The molecule has 1 saturated heterocycles. The number of aliphatic carboxylic acids is 1. The van der Waals surface area contributed by atoms with E-state index in [1.165, 1.54) is 0 Å². The van der Waals surface area contributed by atoms with Crippen LogP contribution in [0.15, 0.2) is 0 Å². The Morgan fingerprint density at radius 3 is 2.85 bits per heavy atom. The highest BCUT2D eigenvalue weighted by atomic mass is 16.7. The summed E-state index contributed by atoms with van der Waals surface area (Å²) in [6.45, 7) is -0.345. The summed E-state index contributed by atoms with van der Waals surface area (Å²) < 4.78 is 0. The average Bonchev–Trinajstić information content (AvgIpc) is 2.79. The van der Waals surface area contributed by atoms with Gasteiger partial charge in [0, 0.05) is 0 Å². The van der Waals surface area contributed by atoms with Gasteiger partial charge in [0.1, 0.15) is 6.54 Å². The Labute approximate surface area is 75.2 Å². The van der Waals surface area contributed by atoms with Gasteiger partial charge >= 0.3 is 5.97 Å². The maximum absolute atomic E-state index is 11.2. The number of amides is 1. The normalized spacial score (nSPS) is 28.2. The van der Waals surface area contributed by atoms with Crippen molar-refractivity contribution in [1.82, 2.24) is 5.06 Å². The number of hydrogen-bond donors (Lipinski definition) is 1. The predicted octanol–water partition coefficient (Wildman–Crippen LogP) is 0.0135. The predicted molar refractivity (Wildman–Crippen MR) is 41.6 cm³/mol. The van der Waals surface area contributed by atoms with Gasteiger partial charge in [0.15, 0.2) is 0 Å². The van der Waals surface area contributed by atoms with Crippen molar-refractivity contribution >= 4 is 11.9 Å². The standard InChI is InChI=1S/C8H11NO4/c10-7-3-6(5-1-2-5)13-9(7)4-8(11)12/h5-6H,1-4H2,(H,11,12). The van der Waals surface area contributed by atoms with Gasteiger partial charge in [-0.3, -0.25) is 14.4 Å². The summed E-state index contributed by atoms with van der Waals surface area (Å²) >= 11 is 0. The SMILES string of the molecule is O=C(O)CN1OC(C2CC2)CC1=O. The zero-order valence-corrected chi connectivity index (χ0v) is 7.10. The molecule has 1 saturated carbocycles. The molecule has 13 heavy (non-hydrogen) atoms. The minimum atomic E-state index is -1.04. The van der Waals surface area contributed by atoms with Gasteiger partial charge in [-0.1, -0.05) is 0 Å². The number of hydroxylamine groups is 2. The molecule has 1 aliphatic heterocycles. The van der Waals surface area contributed by atoms with Crippen LogP contribution in [-0.4, -0.2) is 34.7 Å². The molecule has 0 aromatic carbocycles. The molecular weight excluding hydrogens is 174 g/mol. The number of hydrogen-bond acceptors (Lipinski definition) is 3. The third-order valence-electron chi connectivity index (χ3n) is 2.34. The van der Waals surface area contributed by atoms with E-state index < -0.39 is 5.97 Å². The van der Waals surface area contributed by atoms with Crippen molar-refractivity contribution in [3.63, 3.8) is 0 Å². The lowest BCUT2D eigenvalue weighted by atomic mass is 10.2. The molecular formula is C8H11NO4. The van der Waals surface area contributed by atoms with E-state index in [1.807, 2.05) is 0 Å². The van der Waals surface area contributed by atoms with Crippen molar-refractivity contribution < 1.29 is 19.5 Å². The summed E-state index contributed by atoms with van der Waals surface area (Å²) in [5.74, 6) is -0.771. The van der Waals surface area contributed by atoms with Gasteiger partial charge in [-0.2, -0.15) is 0 Å². The van der Waals surface area contributed by atoms with Crippen molar-refractivity contribution in [2.45, 2.75) is 25.4 Å². The Hall–Kier alpha value is -1.10. The Bertz CT molecular complexity index is 249. The fourth-order valence-electron chi connectivity index (χ4n) is 1.50. The Morgan fingerprint density at radius 1 is 1.62 bits per heavy atom. The second-order valence-corrected chi connectivity index (χ2v) is 3.51. The molecule has 2 aliphatic rings. The minimum absolute atomic E-state index is 0.0631. The van der Waals surface area contributed by atoms with Gasteiger partial charge in [0.05, 0.1) is 12.5 Å². The van der Waals surface area contributed by atoms with E-state index in [1.54, 1.807) is 0 Å². The summed E-state index contributed by atoms with van der Waals surface area (Å²) in [4.78, 5) is 26.7. The number of carbonyl (C=O) groups excluding carboxylic acids is 1. The van der Waals surface area contributed by atoms with Crippen LogP contribution in [0.3, 0.4) is 0 Å². The van der Waals surface area contributed by atoms with Gasteiger partial charge in [0.25, 0.3) is 0 Å². The van der Waals surface area contributed by atoms with Crippen LogP contribution in [0.2, 0.25) is 0 Å². The van der Waals surface area contributed by atoms with E-state index in [-0.39, 0.29) is 18.6 Å². The topological polar surface area (TPSA) is 66.8 Å². The third kappa shape index (κ3) is 1.80. The lowest BCUT2D eigenvalue weighted by Gasteiger charge is -2.13. The first-order valence-electron chi connectivity index (χ1n) is 4.36. The molecule has 0 aromatic rings. The van der Waals surface area contributed by atoms with Crippen LogP contribution >= 0.6 is 0 Å². The van der Waals surface area contributed by atoms with Crippen LogP contribution in [0.1, 0.15) is 19.3 Å². The summed E-state index contributed by atoms with van der Waals surface area (Å²) in [6.07, 6.45) is 2.47. The van der Waals surface area contributed by atoms with E-state index in [0.29, 0.717) is 12.3 Å². The third-order valence-corrected chi connectivity index (χ3v) is 2.34. The monoisotopic (exact) mass is 185 g/mol. The Balaban J connectivity index is 1.90. The molecule has 1 heterocycles. The number of carboxylic acid groups (broad SMARTS) is 1. The number of carbonyl (C=O) groups is 2. The zero-order chi connectivity index (χ0) is 9.42. The fourth-order valence-corrected chi connectivity index (χ4v) is 1.50. The maximum Gasteiger partial charge on any atom is 0.325 e. The average molecular weight is 185 g/mol. The maximum atomic E-state index is 11.2.